The van der Waals surface area contributed by atoms with Gasteiger partial charge in [0.2, 0.25) is 15.9 Å². The van der Waals surface area contributed by atoms with Gasteiger partial charge in [-0.3, -0.25) is 4.79 Å². The minimum absolute atomic E-state index is 0.157. The Balaban J connectivity index is 2.51. The van der Waals surface area contributed by atoms with Gasteiger partial charge in [0.25, 0.3) is 0 Å². The van der Waals surface area contributed by atoms with Crippen LogP contribution in [0.25, 0.3) is 0 Å². The smallest absolute Gasteiger partial charge is 0.241 e. The van der Waals surface area contributed by atoms with E-state index in [2.05, 4.69) is 0 Å². The summed E-state index contributed by atoms with van der Waals surface area (Å²) in [4.78, 5) is 13.5. The largest absolute Gasteiger partial charge is 0.383 e. The molecule has 1 amide bonds. The molecule has 0 spiro atoms. The quantitative estimate of drug-likeness (QED) is 0.667. The number of piperazine rings is 1. The first-order chi connectivity index (χ1) is 8.92. The standard InChI is InChI=1S/C11H23N3O4S/c1-3-8-19(16,17)14-6-4-13(5-7-14)11(15)10(12)9-18-2/h10H,3-9,12H2,1-2H3. The number of amides is 1. The molecule has 0 radical (unpaired) electrons. The minimum atomic E-state index is -3.17. The van der Waals surface area contributed by atoms with Crippen molar-refractivity contribution in [3.63, 3.8) is 0 Å². The number of sulfonamides is 1. The lowest BCUT2D eigenvalue weighted by Gasteiger charge is -2.35. The molecule has 0 aromatic heterocycles. The summed E-state index contributed by atoms with van der Waals surface area (Å²) in [5.41, 5.74) is 5.68. The Morgan fingerprint density at radius 2 is 1.89 bits per heavy atom. The number of carbonyl (C=O) groups excluding carboxylic acids is 1. The number of nitrogens with zero attached hydrogens (tertiary/aromatic N) is 2. The maximum absolute atomic E-state index is 11.9. The molecule has 0 saturated carbocycles. The SMILES string of the molecule is CCCS(=O)(=O)N1CCN(C(=O)C(N)COC)CC1. The van der Waals surface area contributed by atoms with Gasteiger partial charge in [0.1, 0.15) is 6.04 Å². The van der Waals surface area contributed by atoms with Crippen LogP contribution in [0.15, 0.2) is 0 Å². The van der Waals surface area contributed by atoms with Crippen molar-refractivity contribution in [1.82, 2.24) is 9.21 Å². The molecule has 2 N–H and O–H groups in total. The number of hydrogen-bond acceptors (Lipinski definition) is 5. The Labute approximate surface area is 114 Å². The molecule has 1 fully saturated rings. The van der Waals surface area contributed by atoms with Crippen LogP contribution < -0.4 is 5.73 Å². The maximum atomic E-state index is 11.9. The summed E-state index contributed by atoms with van der Waals surface area (Å²) in [6, 6.07) is -0.677. The van der Waals surface area contributed by atoms with Gasteiger partial charge in [-0.25, -0.2) is 8.42 Å². The van der Waals surface area contributed by atoms with Crippen LogP contribution in [0, 0.1) is 0 Å². The molecule has 0 aromatic rings. The van der Waals surface area contributed by atoms with E-state index in [0.717, 1.165) is 0 Å². The Hall–Kier alpha value is -0.700. The molecule has 1 heterocycles. The fourth-order valence-corrected chi connectivity index (χ4v) is 3.55. The summed E-state index contributed by atoms with van der Waals surface area (Å²) >= 11 is 0. The van der Waals surface area contributed by atoms with Crippen molar-refractivity contribution >= 4 is 15.9 Å². The van der Waals surface area contributed by atoms with Crippen LogP contribution in [0.5, 0.6) is 0 Å². The number of rotatable bonds is 6. The molecule has 1 atom stereocenters. The van der Waals surface area contributed by atoms with E-state index in [-0.39, 0.29) is 18.3 Å². The number of methoxy groups -OCH3 is 1. The zero-order valence-electron chi connectivity index (χ0n) is 11.5. The third-order valence-corrected chi connectivity index (χ3v) is 5.15. The molecular weight excluding hydrogens is 270 g/mol. The molecule has 1 aliphatic rings. The molecule has 1 unspecified atom stereocenters. The van der Waals surface area contributed by atoms with Crippen molar-refractivity contribution in [1.29, 1.82) is 0 Å². The second-order valence-corrected chi connectivity index (χ2v) is 6.69. The topological polar surface area (TPSA) is 92.9 Å². The highest BCUT2D eigenvalue weighted by Crippen LogP contribution is 2.09. The van der Waals surface area contributed by atoms with E-state index >= 15 is 0 Å². The van der Waals surface area contributed by atoms with Crippen LogP contribution >= 0.6 is 0 Å². The Bertz CT molecular complexity index is 391. The number of ether oxygens (including phenoxy) is 1. The van der Waals surface area contributed by atoms with E-state index < -0.39 is 16.1 Å². The molecule has 0 aromatic carbocycles. The molecule has 19 heavy (non-hydrogen) atoms. The van der Waals surface area contributed by atoms with Gasteiger partial charge in [0.15, 0.2) is 0 Å². The molecule has 0 bridgehead atoms. The van der Waals surface area contributed by atoms with E-state index in [9.17, 15) is 13.2 Å². The fourth-order valence-electron chi connectivity index (χ4n) is 2.06. The lowest BCUT2D eigenvalue weighted by Crippen LogP contribution is -2.55. The summed E-state index contributed by atoms with van der Waals surface area (Å²) in [5.74, 6) is -0.0289. The Morgan fingerprint density at radius 1 is 1.32 bits per heavy atom. The van der Waals surface area contributed by atoms with Gasteiger partial charge >= 0.3 is 0 Å². The van der Waals surface area contributed by atoms with Crippen molar-refractivity contribution in [3.8, 4) is 0 Å². The summed E-state index contributed by atoms with van der Waals surface area (Å²) in [5, 5.41) is 0. The fraction of sp³-hybridized carbons (Fsp3) is 0.909. The van der Waals surface area contributed by atoms with Crippen LogP contribution in [0.3, 0.4) is 0 Å². The summed E-state index contributed by atoms with van der Waals surface area (Å²) < 4.78 is 30.0. The van der Waals surface area contributed by atoms with Gasteiger partial charge in [-0.15, -0.1) is 0 Å². The first-order valence-corrected chi connectivity index (χ1v) is 8.04. The highest BCUT2D eigenvalue weighted by atomic mass is 32.2. The molecule has 1 aliphatic heterocycles. The molecule has 8 heteroatoms. The summed E-state index contributed by atoms with van der Waals surface area (Å²) in [6.45, 7) is 3.47. The number of nitrogens with two attached hydrogens (primary N) is 1. The molecular formula is C11H23N3O4S. The third-order valence-electron chi connectivity index (χ3n) is 3.07. The van der Waals surface area contributed by atoms with E-state index in [0.29, 0.717) is 32.6 Å². The average Bonchev–Trinajstić information content (AvgIpc) is 2.38. The lowest BCUT2D eigenvalue weighted by atomic mass is 10.2. The van der Waals surface area contributed by atoms with E-state index in [4.69, 9.17) is 10.5 Å². The van der Waals surface area contributed by atoms with Gasteiger partial charge in [-0.1, -0.05) is 6.92 Å². The van der Waals surface area contributed by atoms with E-state index in [1.165, 1.54) is 11.4 Å². The predicted molar refractivity (Wildman–Crippen MR) is 72.1 cm³/mol. The van der Waals surface area contributed by atoms with Crippen molar-refractivity contribution in [2.75, 3.05) is 45.6 Å². The van der Waals surface area contributed by atoms with Crippen LogP contribution in [0.4, 0.5) is 0 Å². The van der Waals surface area contributed by atoms with Crippen molar-refractivity contribution in [2.24, 2.45) is 5.73 Å². The molecule has 112 valence electrons. The second kappa shape index (κ2) is 7.18. The zero-order valence-corrected chi connectivity index (χ0v) is 12.4. The minimum Gasteiger partial charge on any atom is -0.383 e. The van der Waals surface area contributed by atoms with Gasteiger partial charge in [0, 0.05) is 33.3 Å². The van der Waals surface area contributed by atoms with Gasteiger partial charge in [0.05, 0.1) is 12.4 Å². The van der Waals surface area contributed by atoms with Crippen molar-refractivity contribution < 1.29 is 17.9 Å². The van der Waals surface area contributed by atoms with E-state index in [1.54, 1.807) is 4.90 Å². The first kappa shape index (κ1) is 16.4. The molecule has 7 nitrogen and oxygen atoms in total. The molecule has 1 saturated heterocycles. The second-order valence-electron chi connectivity index (χ2n) is 4.60. The average molecular weight is 293 g/mol. The van der Waals surface area contributed by atoms with Crippen molar-refractivity contribution in [2.45, 2.75) is 19.4 Å². The zero-order chi connectivity index (χ0) is 14.5. The Kier molecular flexibility index (Phi) is 6.18. The highest BCUT2D eigenvalue weighted by Gasteiger charge is 2.29. The monoisotopic (exact) mass is 293 g/mol. The van der Waals surface area contributed by atoms with Crippen LogP contribution in [-0.4, -0.2) is 75.2 Å². The maximum Gasteiger partial charge on any atom is 0.241 e. The van der Waals surface area contributed by atoms with Crippen LogP contribution in [0.2, 0.25) is 0 Å². The van der Waals surface area contributed by atoms with Crippen molar-refractivity contribution in [3.05, 3.63) is 0 Å². The molecule has 0 aliphatic carbocycles. The van der Waals surface area contributed by atoms with Gasteiger partial charge in [-0.05, 0) is 6.42 Å². The van der Waals surface area contributed by atoms with Crippen LogP contribution in [0.1, 0.15) is 13.3 Å². The normalized spacial score (nSPS) is 19.4. The molecule has 1 rings (SSSR count). The Morgan fingerprint density at radius 3 is 2.37 bits per heavy atom. The predicted octanol–water partition coefficient (Wildman–Crippen LogP) is -1.16. The van der Waals surface area contributed by atoms with Gasteiger partial charge in [-0.2, -0.15) is 4.31 Å². The summed E-state index contributed by atoms with van der Waals surface area (Å²) in [6.07, 6.45) is 0.597. The van der Waals surface area contributed by atoms with Crippen LogP contribution in [-0.2, 0) is 19.6 Å². The van der Waals surface area contributed by atoms with E-state index in [1.807, 2.05) is 6.92 Å². The highest BCUT2D eigenvalue weighted by molar-refractivity contribution is 7.89. The summed E-state index contributed by atoms with van der Waals surface area (Å²) in [7, 11) is -1.69. The first-order valence-electron chi connectivity index (χ1n) is 6.43. The number of hydrogen-bond donors (Lipinski definition) is 1. The van der Waals surface area contributed by atoms with Gasteiger partial charge < -0.3 is 15.4 Å². The third kappa shape index (κ3) is 4.41. The number of carbonyl (C=O) groups is 1. The lowest BCUT2D eigenvalue weighted by molar-refractivity contribution is -0.134.